The standard InChI is InChI=1S/C8H7BrFNO.ClH/c9-5-1-2-6-8(7(5)10)11-3-4-12-6;/h1-2,11H,3-4H2;1H. The van der Waals surface area contributed by atoms with Crippen LogP contribution in [0.15, 0.2) is 16.6 Å². The van der Waals surface area contributed by atoms with Crippen molar-refractivity contribution in [2.24, 2.45) is 0 Å². The van der Waals surface area contributed by atoms with Crippen LogP contribution in [0.5, 0.6) is 5.75 Å². The Morgan fingerprint density at radius 2 is 2.23 bits per heavy atom. The van der Waals surface area contributed by atoms with E-state index in [1.165, 1.54) is 0 Å². The second kappa shape index (κ2) is 4.15. The van der Waals surface area contributed by atoms with Gasteiger partial charge in [-0.3, -0.25) is 0 Å². The first-order chi connectivity index (χ1) is 5.79. The number of hydrogen-bond donors (Lipinski definition) is 1. The molecule has 0 aromatic heterocycles. The lowest BCUT2D eigenvalue weighted by atomic mass is 10.2. The van der Waals surface area contributed by atoms with Gasteiger partial charge in [0.25, 0.3) is 0 Å². The Balaban J connectivity index is 0.000000845. The summed E-state index contributed by atoms with van der Waals surface area (Å²) in [6, 6.07) is 3.38. The van der Waals surface area contributed by atoms with E-state index < -0.39 is 0 Å². The number of halogens is 3. The SMILES string of the molecule is Cl.Fc1c(Br)ccc2c1NCCO2. The van der Waals surface area contributed by atoms with Crippen LogP contribution in [0.1, 0.15) is 0 Å². The molecule has 1 N–H and O–H groups in total. The maximum Gasteiger partial charge on any atom is 0.164 e. The van der Waals surface area contributed by atoms with Crippen LogP contribution in [-0.4, -0.2) is 13.2 Å². The van der Waals surface area contributed by atoms with Crippen molar-refractivity contribution in [3.8, 4) is 5.75 Å². The van der Waals surface area contributed by atoms with Gasteiger partial charge < -0.3 is 10.1 Å². The summed E-state index contributed by atoms with van der Waals surface area (Å²) in [6.07, 6.45) is 0. The van der Waals surface area contributed by atoms with E-state index in [2.05, 4.69) is 21.2 Å². The van der Waals surface area contributed by atoms with Gasteiger partial charge in [0.2, 0.25) is 0 Å². The minimum Gasteiger partial charge on any atom is -0.489 e. The van der Waals surface area contributed by atoms with Gasteiger partial charge in [0, 0.05) is 6.54 Å². The van der Waals surface area contributed by atoms with E-state index in [1.807, 2.05) is 0 Å². The van der Waals surface area contributed by atoms with Crippen molar-refractivity contribution in [1.29, 1.82) is 0 Å². The lowest BCUT2D eigenvalue weighted by molar-refractivity contribution is 0.320. The zero-order valence-electron chi connectivity index (χ0n) is 6.64. The maximum absolute atomic E-state index is 13.3. The van der Waals surface area contributed by atoms with Crippen LogP contribution in [-0.2, 0) is 0 Å². The predicted molar refractivity (Wildman–Crippen MR) is 55.3 cm³/mol. The maximum atomic E-state index is 13.3. The second-order valence-electron chi connectivity index (χ2n) is 2.51. The normalized spacial score (nSPS) is 13.4. The largest absolute Gasteiger partial charge is 0.489 e. The molecule has 0 saturated heterocycles. The van der Waals surface area contributed by atoms with Crippen LogP contribution in [0.25, 0.3) is 0 Å². The molecule has 13 heavy (non-hydrogen) atoms. The molecule has 2 nitrogen and oxygen atoms in total. The number of rotatable bonds is 0. The molecule has 0 bridgehead atoms. The molecule has 1 aromatic carbocycles. The molecule has 0 saturated carbocycles. The van der Waals surface area contributed by atoms with Crippen LogP contribution >= 0.6 is 28.3 Å². The molecular formula is C8H8BrClFNO. The Labute approximate surface area is 90.0 Å². The Morgan fingerprint density at radius 1 is 1.46 bits per heavy atom. The summed E-state index contributed by atoms with van der Waals surface area (Å²) in [7, 11) is 0. The number of fused-ring (bicyclic) bond motifs is 1. The van der Waals surface area contributed by atoms with E-state index >= 15 is 0 Å². The lowest BCUT2D eigenvalue weighted by Crippen LogP contribution is -2.19. The third-order valence-electron chi connectivity index (χ3n) is 1.72. The molecule has 0 fully saturated rings. The predicted octanol–water partition coefficient (Wildman–Crippen LogP) is 2.81. The first-order valence-corrected chi connectivity index (χ1v) is 4.43. The molecule has 72 valence electrons. The van der Waals surface area contributed by atoms with Crippen LogP contribution in [0, 0.1) is 5.82 Å². The summed E-state index contributed by atoms with van der Waals surface area (Å²) in [5.41, 5.74) is 0.454. The van der Waals surface area contributed by atoms with Crippen molar-refractivity contribution in [2.45, 2.75) is 0 Å². The first kappa shape index (κ1) is 10.6. The molecule has 1 heterocycles. The molecule has 0 unspecified atom stereocenters. The van der Waals surface area contributed by atoms with Crippen molar-refractivity contribution in [1.82, 2.24) is 0 Å². The summed E-state index contributed by atoms with van der Waals surface area (Å²) in [6.45, 7) is 1.24. The molecule has 0 amide bonds. The van der Waals surface area contributed by atoms with Gasteiger partial charge in [-0.1, -0.05) is 0 Å². The Morgan fingerprint density at radius 3 is 3.00 bits per heavy atom. The fourth-order valence-electron chi connectivity index (χ4n) is 1.15. The quantitative estimate of drug-likeness (QED) is 0.781. The highest BCUT2D eigenvalue weighted by atomic mass is 79.9. The molecule has 0 atom stereocenters. The van der Waals surface area contributed by atoms with Gasteiger partial charge in [0.1, 0.15) is 18.0 Å². The van der Waals surface area contributed by atoms with Crippen LogP contribution in [0.3, 0.4) is 0 Å². The minimum absolute atomic E-state index is 0. The summed E-state index contributed by atoms with van der Waals surface area (Å²) in [5.74, 6) is 0.300. The van der Waals surface area contributed by atoms with E-state index in [4.69, 9.17) is 4.74 Å². The van der Waals surface area contributed by atoms with E-state index in [-0.39, 0.29) is 18.2 Å². The highest BCUT2D eigenvalue weighted by Crippen LogP contribution is 2.33. The van der Waals surface area contributed by atoms with Gasteiger partial charge in [-0.05, 0) is 28.1 Å². The molecule has 0 spiro atoms. The summed E-state index contributed by atoms with van der Waals surface area (Å²) < 4.78 is 19.0. The monoisotopic (exact) mass is 267 g/mol. The lowest BCUT2D eigenvalue weighted by Gasteiger charge is -2.19. The molecule has 1 aromatic rings. The molecule has 5 heteroatoms. The summed E-state index contributed by atoms with van der Waals surface area (Å²) in [5, 5.41) is 2.94. The first-order valence-electron chi connectivity index (χ1n) is 3.64. The highest BCUT2D eigenvalue weighted by Gasteiger charge is 2.15. The van der Waals surface area contributed by atoms with Crippen molar-refractivity contribution < 1.29 is 9.13 Å². The Hall–Kier alpha value is -0.480. The molecule has 0 aliphatic carbocycles. The average Bonchev–Trinajstić information content (AvgIpc) is 2.12. The minimum atomic E-state index is -0.285. The Bertz CT molecular complexity index is 321. The Kier molecular flexibility index (Phi) is 3.39. The van der Waals surface area contributed by atoms with Gasteiger partial charge in [-0.25, -0.2) is 4.39 Å². The third kappa shape index (κ3) is 1.89. The van der Waals surface area contributed by atoms with Gasteiger partial charge in [0.15, 0.2) is 5.82 Å². The fraction of sp³-hybridized carbons (Fsp3) is 0.250. The fourth-order valence-corrected chi connectivity index (χ4v) is 1.49. The van der Waals surface area contributed by atoms with Crippen molar-refractivity contribution in [3.63, 3.8) is 0 Å². The topological polar surface area (TPSA) is 21.3 Å². The van der Waals surface area contributed by atoms with Crippen molar-refractivity contribution in [3.05, 3.63) is 22.4 Å². The van der Waals surface area contributed by atoms with Gasteiger partial charge in [-0.15, -0.1) is 12.4 Å². The van der Waals surface area contributed by atoms with E-state index in [1.54, 1.807) is 12.1 Å². The molecule has 2 rings (SSSR count). The summed E-state index contributed by atoms with van der Waals surface area (Å²) >= 11 is 3.10. The van der Waals surface area contributed by atoms with Gasteiger partial charge in [0.05, 0.1) is 4.47 Å². The molecular weight excluding hydrogens is 260 g/mol. The molecule has 0 radical (unpaired) electrons. The van der Waals surface area contributed by atoms with Gasteiger partial charge in [-0.2, -0.15) is 0 Å². The zero-order chi connectivity index (χ0) is 8.55. The number of benzene rings is 1. The number of anilines is 1. The van der Waals surface area contributed by atoms with Crippen LogP contribution in [0.4, 0.5) is 10.1 Å². The number of ether oxygens (including phenoxy) is 1. The van der Waals surface area contributed by atoms with Crippen LogP contribution in [0.2, 0.25) is 0 Å². The van der Waals surface area contributed by atoms with E-state index in [9.17, 15) is 4.39 Å². The van der Waals surface area contributed by atoms with E-state index in [0.29, 0.717) is 29.1 Å². The smallest absolute Gasteiger partial charge is 0.164 e. The van der Waals surface area contributed by atoms with Crippen molar-refractivity contribution in [2.75, 3.05) is 18.5 Å². The summed E-state index contributed by atoms with van der Waals surface area (Å²) in [4.78, 5) is 0. The second-order valence-corrected chi connectivity index (χ2v) is 3.36. The zero-order valence-corrected chi connectivity index (χ0v) is 9.04. The van der Waals surface area contributed by atoms with E-state index in [0.717, 1.165) is 0 Å². The van der Waals surface area contributed by atoms with Crippen molar-refractivity contribution >= 4 is 34.0 Å². The number of hydrogen-bond acceptors (Lipinski definition) is 2. The molecule has 1 aliphatic heterocycles. The number of nitrogens with one attached hydrogen (secondary N) is 1. The average molecular weight is 269 g/mol. The van der Waals surface area contributed by atoms with Gasteiger partial charge >= 0.3 is 0 Å². The molecule has 1 aliphatic rings. The third-order valence-corrected chi connectivity index (χ3v) is 2.33. The van der Waals surface area contributed by atoms with Crippen LogP contribution < -0.4 is 10.1 Å². The highest BCUT2D eigenvalue weighted by molar-refractivity contribution is 9.10.